The predicted octanol–water partition coefficient (Wildman–Crippen LogP) is 13.5. The van der Waals surface area contributed by atoms with Gasteiger partial charge in [-0.1, -0.05) is 202 Å². The largest absolute Gasteiger partial charge is 0.394 e. The zero-order chi connectivity index (χ0) is 37.1. The second kappa shape index (κ2) is 42.2. The molecule has 0 heterocycles. The summed E-state index contributed by atoms with van der Waals surface area (Å²) >= 11 is 0. The molecule has 0 aliphatic rings. The molecule has 0 aliphatic heterocycles. The zero-order valence-electron chi connectivity index (χ0n) is 33.6. The van der Waals surface area contributed by atoms with E-state index in [1.165, 1.54) is 96.3 Å². The van der Waals surface area contributed by atoms with Crippen molar-refractivity contribution in [2.24, 2.45) is 0 Å². The second-order valence-electron chi connectivity index (χ2n) is 14.4. The third-order valence-corrected chi connectivity index (χ3v) is 9.48. The maximum Gasteiger partial charge on any atom is 0.220 e. The lowest BCUT2D eigenvalue weighted by Crippen LogP contribution is -2.45. The van der Waals surface area contributed by atoms with Crippen LogP contribution < -0.4 is 5.32 Å². The third-order valence-electron chi connectivity index (χ3n) is 9.48. The first-order valence-corrected chi connectivity index (χ1v) is 21.6. The normalized spacial score (nSPS) is 13.7. The summed E-state index contributed by atoms with van der Waals surface area (Å²) in [4.78, 5) is 12.2. The molecule has 2 atom stereocenters. The van der Waals surface area contributed by atoms with Crippen LogP contribution in [0.3, 0.4) is 0 Å². The molecule has 0 aliphatic carbocycles. The number of rotatable bonds is 38. The number of amides is 1. The first kappa shape index (κ1) is 48.8. The molecule has 4 heteroatoms. The Balaban J connectivity index is 3.42. The fourth-order valence-corrected chi connectivity index (χ4v) is 6.19. The van der Waals surface area contributed by atoms with Crippen molar-refractivity contribution < 1.29 is 15.0 Å². The molecule has 3 N–H and O–H groups in total. The van der Waals surface area contributed by atoms with Crippen molar-refractivity contribution in [2.75, 3.05) is 6.61 Å². The van der Waals surface area contributed by atoms with Gasteiger partial charge in [-0.15, -0.1) is 0 Å². The number of unbranched alkanes of at least 4 members (excludes halogenated alkanes) is 19. The van der Waals surface area contributed by atoms with Crippen molar-refractivity contribution >= 4 is 5.91 Å². The van der Waals surface area contributed by atoms with E-state index in [0.29, 0.717) is 12.8 Å². The SMILES string of the molecule is CC/C=C\C/C=C\C/C=C\C/C=C\C/C=C\C/C=C\CCCCCCCCCCCCCCCCCCC(=O)NC(CO)C(O)CCCCCC. The Kier molecular flexibility index (Phi) is 40.4. The topological polar surface area (TPSA) is 69.6 Å². The summed E-state index contributed by atoms with van der Waals surface area (Å²) in [6.45, 7) is 4.13. The average Bonchev–Trinajstić information content (AvgIpc) is 3.13. The number of hydrogen-bond donors (Lipinski definition) is 3. The average molecular weight is 710 g/mol. The summed E-state index contributed by atoms with van der Waals surface area (Å²) in [6.07, 6.45) is 60.4. The van der Waals surface area contributed by atoms with Crippen molar-refractivity contribution in [3.8, 4) is 0 Å². The maximum atomic E-state index is 12.2. The molecule has 0 saturated heterocycles. The molecular formula is C47H83NO3. The van der Waals surface area contributed by atoms with E-state index >= 15 is 0 Å². The van der Waals surface area contributed by atoms with Crippen LogP contribution in [-0.2, 0) is 4.79 Å². The van der Waals surface area contributed by atoms with Crippen LogP contribution in [0.25, 0.3) is 0 Å². The number of carbonyl (C=O) groups excluding carboxylic acids is 1. The first-order chi connectivity index (χ1) is 25.2. The highest BCUT2D eigenvalue weighted by Gasteiger charge is 2.19. The van der Waals surface area contributed by atoms with E-state index in [1.807, 2.05) is 0 Å². The van der Waals surface area contributed by atoms with Crippen LogP contribution in [0, 0.1) is 0 Å². The minimum Gasteiger partial charge on any atom is -0.394 e. The van der Waals surface area contributed by atoms with E-state index in [4.69, 9.17) is 0 Å². The maximum absolute atomic E-state index is 12.2. The number of allylic oxidation sites excluding steroid dienone is 12. The molecule has 0 aromatic carbocycles. The summed E-state index contributed by atoms with van der Waals surface area (Å²) < 4.78 is 0. The first-order valence-electron chi connectivity index (χ1n) is 21.6. The Hall–Kier alpha value is -2.17. The van der Waals surface area contributed by atoms with Gasteiger partial charge in [-0.05, 0) is 64.2 Å². The minimum absolute atomic E-state index is 0.0431. The Morgan fingerprint density at radius 2 is 0.863 bits per heavy atom. The van der Waals surface area contributed by atoms with Crippen LogP contribution in [0.15, 0.2) is 72.9 Å². The van der Waals surface area contributed by atoms with Crippen LogP contribution in [0.5, 0.6) is 0 Å². The van der Waals surface area contributed by atoms with Gasteiger partial charge in [0.05, 0.1) is 18.8 Å². The number of aliphatic hydroxyl groups is 2. The Bertz CT molecular complexity index is 899. The van der Waals surface area contributed by atoms with Crippen molar-refractivity contribution in [3.05, 3.63) is 72.9 Å². The van der Waals surface area contributed by atoms with Crippen molar-refractivity contribution in [1.29, 1.82) is 0 Å². The zero-order valence-corrected chi connectivity index (χ0v) is 33.6. The Labute approximate surface area is 317 Å². The highest BCUT2D eigenvalue weighted by Crippen LogP contribution is 2.15. The summed E-state index contributed by atoms with van der Waals surface area (Å²) in [6, 6.07) is -0.533. The van der Waals surface area contributed by atoms with Gasteiger partial charge >= 0.3 is 0 Å². The highest BCUT2D eigenvalue weighted by atomic mass is 16.3. The summed E-state index contributed by atoms with van der Waals surface area (Å²) in [5.41, 5.74) is 0. The number of aliphatic hydroxyl groups excluding tert-OH is 2. The van der Waals surface area contributed by atoms with Crippen LogP contribution in [0.1, 0.15) is 200 Å². The summed E-state index contributed by atoms with van der Waals surface area (Å²) in [5, 5.41) is 22.7. The monoisotopic (exact) mass is 710 g/mol. The van der Waals surface area contributed by atoms with E-state index < -0.39 is 12.1 Å². The number of carbonyl (C=O) groups is 1. The molecule has 0 rings (SSSR count). The Morgan fingerprint density at radius 3 is 1.27 bits per heavy atom. The molecule has 51 heavy (non-hydrogen) atoms. The lowest BCUT2D eigenvalue weighted by atomic mass is 10.0. The molecule has 0 radical (unpaired) electrons. The smallest absolute Gasteiger partial charge is 0.220 e. The van der Waals surface area contributed by atoms with Gasteiger partial charge in [0, 0.05) is 6.42 Å². The fraction of sp³-hybridized carbons (Fsp3) is 0.723. The van der Waals surface area contributed by atoms with Crippen LogP contribution in [-0.4, -0.2) is 34.9 Å². The minimum atomic E-state index is -0.656. The number of hydrogen-bond acceptors (Lipinski definition) is 3. The van der Waals surface area contributed by atoms with Crippen LogP contribution >= 0.6 is 0 Å². The molecule has 0 saturated carbocycles. The van der Waals surface area contributed by atoms with Crippen molar-refractivity contribution in [1.82, 2.24) is 5.32 Å². The lowest BCUT2D eigenvalue weighted by Gasteiger charge is -2.22. The highest BCUT2D eigenvalue weighted by molar-refractivity contribution is 5.76. The predicted molar refractivity (Wildman–Crippen MR) is 225 cm³/mol. The van der Waals surface area contributed by atoms with Crippen LogP contribution in [0.4, 0.5) is 0 Å². The van der Waals surface area contributed by atoms with Crippen molar-refractivity contribution in [2.45, 2.75) is 212 Å². The molecule has 0 spiro atoms. The Morgan fingerprint density at radius 1 is 0.490 bits per heavy atom. The van der Waals surface area contributed by atoms with Gasteiger partial charge in [-0.3, -0.25) is 4.79 Å². The van der Waals surface area contributed by atoms with E-state index in [1.54, 1.807) is 0 Å². The van der Waals surface area contributed by atoms with Gasteiger partial charge in [-0.25, -0.2) is 0 Å². The van der Waals surface area contributed by atoms with Gasteiger partial charge in [0.15, 0.2) is 0 Å². The van der Waals surface area contributed by atoms with E-state index in [-0.39, 0.29) is 12.5 Å². The van der Waals surface area contributed by atoms with Gasteiger partial charge in [0.1, 0.15) is 0 Å². The molecular weight excluding hydrogens is 627 g/mol. The molecule has 294 valence electrons. The fourth-order valence-electron chi connectivity index (χ4n) is 6.19. The standard InChI is InChI=1S/C47H83NO3/c1-3-5-7-9-10-11-12-13-14-15-16-17-18-19-20-21-22-23-24-25-26-27-28-29-30-31-32-33-34-35-36-37-38-39-41-43-47(51)48-45(44-49)46(50)42-40-8-6-4-2/h5,7,10-11,13-14,16-17,19-20,22-23,45-46,49-50H,3-4,6,8-9,12,15,18,21,24-44H2,1-2H3,(H,48,51)/b7-5-,11-10-,14-13-,17-16-,20-19-,23-22-. The summed E-state index contributed by atoms with van der Waals surface area (Å²) in [7, 11) is 0. The van der Waals surface area contributed by atoms with Crippen LogP contribution in [0.2, 0.25) is 0 Å². The summed E-state index contributed by atoms with van der Waals surface area (Å²) in [5.74, 6) is -0.0431. The van der Waals surface area contributed by atoms with E-state index in [9.17, 15) is 15.0 Å². The molecule has 0 fully saturated rings. The molecule has 2 unspecified atom stereocenters. The second-order valence-corrected chi connectivity index (χ2v) is 14.4. The van der Waals surface area contributed by atoms with Crippen molar-refractivity contribution in [3.63, 3.8) is 0 Å². The molecule has 1 amide bonds. The van der Waals surface area contributed by atoms with Gasteiger partial charge in [0.25, 0.3) is 0 Å². The van der Waals surface area contributed by atoms with E-state index in [2.05, 4.69) is 92.1 Å². The molecule has 0 aromatic rings. The molecule has 4 nitrogen and oxygen atoms in total. The van der Waals surface area contributed by atoms with Gasteiger partial charge < -0.3 is 15.5 Å². The molecule has 0 bridgehead atoms. The third kappa shape index (κ3) is 38.9. The van der Waals surface area contributed by atoms with Gasteiger partial charge in [-0.2, -0.15) is 0 Å². The quantitative estimate of drug-likeness (QED) is 0.0441. The van der Waals surface area contributed by atoms with E-state index in [0.717, 1.165) is 77.0 Å². The lowest BCUT2D eigenvalue weighted by molar-refractivity contribution is -0.123. The molecule has 0 aromatic heterocycles. The van der Waals surface area contributed by atoms with Gasteiger partial charge in [0.2, 0.25) is 5.91 Å². The number of nitrogens with one attached hydrogen (secondary N) is 1.